The molecule has 0 bridgehead atoms. The van der Waals surface area contributed by atoms with Gasteiger partial charge in [-0.15, -0.1) is 0 Å². The number of sulfonamides is 1. The Morgan fingerprint density at radius 3 is 2.31 bits per heavy atom. The second-order valence-electron chi connectivity index (χ2n) is 9.08. The Kier molecular flexibility index (Phi) is 7.26. The van der Waals surface area contributed by atoms with Gasteiger partial charge < -0.3 is 19.1 Å². The van der Waals surface area contributed by atoms with Crippen molar-refractivity contribution >= 4 is 27.3 Å². The summed E-state index contributed by atoms with van der Waals surface area (Å²) < 4.78 is 39.0. The van der Waals surface area contributed by atoms with Crippen molar-refractivity contribution in [1.29, 1.82) is 0 Å². The maximum absolute atomic E-state index is 13.8. The minimum atomic E-state index is -4.12. The number of carbonyl (C=O) groups excluding carboxylic acids is 1. The SMILES string of the molecule is COc1ccc(N(CC(=O)N2CCN(c3ccc(C)cc3)[C@H](C)C2)S(=O)(=O)c2c(C)noc2C)cc1. The number of benzene rings is 2. The fourth-order valence-corrected chi connectivity index (χ4v) is 6.25. The maximum atomic E-state index is 13.8. The Balaban J connectivity index is 1.58. The fraction of sp³-hybridized carbons (Fsp3) is 0.385. The minimum Gasteiger partial charge on any atom is -0.497 e. The highest BCUT2D eigenvalue weighted by atomic mass is 32.2. The molecule has 1 amide bonds. The molecule has 0 aliphatic carbocycles. The Hall–Kier alpha value is -3.53. The molecule has 3 aromatic rings. The molecule has 0 N–H and O–H groups in total. The number of nitrogens with zero attached hydrogens (tertiary/aromatic N) is 4. The molecule has 1 saturated heterocycles. The van der Waals surface area contributed by atoms with Crippen molar-refractivity contribution < 1.29 is 22.5 Å². The van der Waals surface area contributed by atoms with Gasteiger partial charge >= 0.3 is 0 Å². The lowest BCUT2D eigenvalue weighted by Crippen LogP contribution is -2.55. The Bertz CT molecular complexity index is 1300. The number of piperazine rings is 1. The van der Waals surface area contributed by atoms with Crippen LogP contribution in [0.1, 0.15) is 23.9 Å². The van der Waals surface area contributed by atoms with Crippen LogP contribution in [0.2, 0.25) is 0 Å². The van der Waals surface area contributed by atoms with E-state index in [9.17, 15) is 13.2 Å². The van der Waals surface area contributed by atoms with E-state index in [2.05, 4.69) is 48.2 Å². The van der Waals surface area contributed by atoms with Crippen molar-refractivity contribution in [2.45, 2.75) is 38.6 Å². The van der Waals surface area contributed by atoms with Crippen molar-refractivity contribution in [2.24, 2.45) is 0 Å². The molecule has 1 fully saturated rings. The molecule has 1 aliphatic heterocycles. The molecule has 0 spiro atoms. The molecular formula is C26H32N4O5S. The third-order valence-corrected chi connectivity index (χ3v) is 8.52. The number of methoxy groups -OCH3 is 1. The van der Waals surface area contributed by atoms with Crippen LogP contribution < -0.4 is 13.9 Å². The molecule has 4 rings (SSSR count). The summed E-state index contributed by atoms with van der Waals surface area (Å²) in [6, 6.07) is 15.0. The predicted molar refractivity (Wildman–Crippen MR) is 138 cm³/mol. The monoisotopic (exact) mass is 512 g/mol. The van der Waals surface area contributed by atoms with Crippen LogP contribution in [-0.4, -0.2) is 63.7 Å². The van der Waals surface area contributed by atoms with Gasteiger partial charge in [0, 0.05) is 31.4 Å². The fourth-order valence-electron chi connectivity index (χ4n) is 4.54. The largest absolute Gasteiger partial charge is 0.497 e. The lowest BCUT2D eigenvalue weighted by Gasteiger charge is -2.41. The van der Waals surface area contributed by atoms with Crippen LogP contribution in [0.15, 0.2) is 57.9 Å². The zero-order valence-electron chi connectivity index (χ0n) is 21.3. The molecule has 9 nitrogen and oxygen atoms in total. The van der Waals surface area contributed by atoms with Gasteiger partial charge in [0.05, 0.1) is 12.8 Å². The van der Waals surface area contributed by atoms with E-state index < -0.39 is 10.0 Å². The van der Waals surface area contributed by atoms with E-state index in [-0.39, 0.29) is 34.8 Å². The smallest absolute Gasteiger partial charge is 0.270 e. The number of amides is 1. The van der Waals surface area contributed by atoms with E-state index in [0.717, 1.165) is 9.99 Å². The topological polar surface area (TPSA) is 96.2 Å². The van der Waals surface area contributed by atoms with Gasteiger partial charge in [-0.3, -0.25) is 9.10 Å². The van der Waals surface area contributed by atoms with E-state index in [4.69, 9.17) is 9.26 Å². The summed E-state index contributed by atoms with van der Waals surface area (Å²) in [4.78, 5) is 17.4. The summed E-state index contributed by atoms with van der Waals surface area (Å²) in [5.74, 6) is 0.496. The van der Waals surface area contributed by atoms with E-state index in [1.165, 1.54) is 12.7 Å². The molecule has 1 aliphatic rings. The third-order valence-electron chi connectivity index (χ3n) is 6.50. The Labute approximate surface area is 212 Å². The van der Waals surface area contributed by atoms with Crippen LogP contribution >= 0.6 is 0 Å². The normalized spacial score (nSPS) is 16.2. The van der Waals surface area contributed by atoms with Crippen molar-refractivity contribution in [3.8, 4) is 5.75 Å². The van der Waals surface area contributed by atoms with E-state index in [1.807, 2.05) is 0 Å². The molecule has 2 aromatic carbocycles. The summed E-state index contributed by atoms with van der Waals surface area (Å²) in [6.07, 6.45) is 0. The van der Waals surface area contributed by atoms with Crippen molar-refractivity contribution in [2.75, 3.05) is 42.5 Å². The second-order valence-corrected chi connectivity index (χ2v) is 10.9. The van der Waals surface area contributed by atoms with Crippen molar-refractivity contribution in [1.82, 2.24) is 10.1 Å². The first kappa shape index (κ1) is 25.6. The number of hydrogen-bond donors (Lipinski definition) is 0. The number of ether oxygens (including phenoxy) is 1. The number of aromatic nitrogens is 1. The molecule has 0 radical (unpaired) electrons. The number of rotatable bonds is 7. The van der Waals surface area contributed by atoms with E-state index in [0.29, 0.717) is 31.1 Å². The average Bonchev–Trinajstić information content (AvgIpc) is 3.21. The van der Waals surface area contributed by atoms with Gasteiger partial charge in [-0.05, 0) is 64.1 Å². The molecule has 0 unspecified atom stereocenters. The van der Waals surface area contributed by atoms with Crippen LogP contribution in [-0.2, 0) is 14.8 Å². The summed E-state index contributed by atoms with van der Waals surface area (Å²) >= 11 is 0. The van der Waals surface area contributed by atoms with Crippen molar-refractivity contribution in [3.05, 3.63) is 65.5 Å². The summed E-state index contributed by atoms with van der Waals surface area (Å²) in [5, 5.41) is 3.81. The third kappa shape index (κ3) is 5.04. The zero-order valence-corrected chi connectivity index (χ0v) is 22.1. The van der Waals surface area contributed by atoms with Crippen LogP contribution in [0.25, 0.3) is 0 Å². The van der Waals surface area contributed by atoms with Gasteiger partial charge in [-0.1, -0.05) is 22.9 Å². The number of hydrogen-bond acceptors (Lipinski definition) is 7. The first-order valence-electron chi connectivity index (χ1n) is 11.8. The first-order valence-corrected chi connectivity index (χ1v) is 13.3. The molecule has 2 heterocycles. The Morgan fingerprint density at radius 1 is 1.08 bits per heavy atom. The highest BCUT2D eigenvalue weighted by Crippen LogP contribution is 2.30. The van der Waals surface area contributed by atoms with Gasteiger partial charge in [0.25, 0.3) is 10.0 Å². The molecule has 0 saturated carbocycles. The summed E-state index contributed by atoms with van der Waals surface area (Å²) in [7, 11) is -2.58. The van der Waals surface area contributed by atoms with E-state index >= 15 is 0 Å². The standard InChI is InChI=1S/C26H32N4O5S/c1-18-6-8-22(9-7-18)29-15-14-28(16-19(29)2)25(31)17-30(23-10-12-24(34-5)13-11-23)36(32,33)26-20(3)27-35-21(26)4/h6-13,19H,14-17H2,1-5H3/t19-/m1/s1. The first-order chi connectivity index (χ1) is 17.1. The highest BCUT2D eigenvalue weighted by Gasteiger charge is 2.35. The number of carbonyl (C=O) groups is 1. The molecular weight excluding hydrogens is 480 g/mol. The average molecular weight is 513 g/mol. The van der Waals surface area contributed by atoms with Gasteiger partial charge in [-0.25, -0.2) is 8.42 Å². The predicted octanol–water partition coefficient (Wildman–Crippen LogP) is 3.54. The molecule has 1 atom stereocenters. The van der Waals surface area contributed by atoms with Crippen LogP contribution in [0.4, 0.5) is 11.4 Å². The van der Waals surface area contributed by atoms with Gasteiger partial charge in [0.2, 0.25) is 5.91 Å². The summed E-state index contributed by atoms with van der Waals surface area (Å²) in [5.41, 5.74) is 2.91. The lowest BCUT2D eigenvalue weighted by molar-refractivity contribution is -0.130. The summed E-state index contributed by atoms with van der Waals surface area (Å²) in [6.45, 7) is 8.56. The second kappa shape index (κ2) is 10.2. The number of anilines is 2. The van der Waals surface area contributed by atoms with Crippen molar-refractivity contribution in [3.63, 3.8) is 0 Å². The molecule has 36 heavy (non-hydrogen) atoms. The van der Waals surface area contributed by atoms with Crippen LogP contribution in [0, 0.1) is 20.8 Å². The molecule has 1 aromatic heterocycles. The van der Waals surface area contributed by atoms with Gasteiger partial charge in [0.15, 0.2) is 10.7 Å². The molecule has 10 heteroatoms. The van der Waals surface area contributed by atoms with E-state index in [1.54, 1.807) is 43.0 Å². The Morgan fingerprint density at radius 2 is 1.75 bits per heavy atom. The number of aryl methyl sites for hydroxylation is 3. The van der Waals surface area contributed by atoms with Crippen LogP contribution in [0.5, 0.6) is 5.75 Å². The van der Waals surface area contributed by atoms with Crippen LogP contribution in [0.3, 0.4) is 0 Å². The lowest BCUT2D eigenvalue weighted by atomic mass is 10.1. The highest BCUT2D eigenvalue weighted by molar-refractivity contribution is 7.93. The van der Waals surface area contributed by atoms with Gasteiger partial charge in [0.1, 0.15) is 18.0 Å². The quantitative estimate of drug-likeness (QED) is 0.478. The maximum Gasteiger partial charge on any atom is 0.270 e. The zero-order chi connectivity index (χ0) is 26.0. The minimum absolute atomic E-state index is 0.0244. The molecule has 192 valence electrons. The van der Waals surface area contributed by atoms with Gasteiger partial charge in [-0.2, -0.15) is 0 Å².